The number of carbonyl (C=O) groups is 2. The zero-order valence-corrected chi connectivity index (χ0v) is 11.4. The zero-order valence-electron chi connectivity index (χ0n) is 11.4. The van der Waals surface area contributed by atoms with Gasteiger partial charge in [0, 0.05) is 6.54 Å². The molecule has 1 atom stereocenters. The Kier molecular flexibility index (Phi) is 4.20. The summed E-state index contributed by atoms with van der Waals surface area (Å²) in [5, 5.41) is 2.63. The van der Waals surface area contributed by atoms with Gasteiger partial charge in [-0.3, -0.25) is 4.79 Å². The Morgan fingerprint density at radius 3 is 2.79 bits per heavy atom. The highest BCUT2D eigenvalue weighted by Crippen LogP contribution is 2.23. The van der Waals surface area contributed by atoms with Crippen LogP contribution in [-0.4, -0.2) is 24.5 Å². The number of aryl methyl sites for hydroxylation is 2. The van der Waals surface area contributed by atoms with Crippen molar-refractivity contribution in [3.8, 4) is 0 Å². The van der Waals surface area contributed by atoms with Crippen molar-refractivity contribution in [2.45, 2.75) is 39.2 Å². The number of nitrogens with one attached hydrogen (secondary N) is 1. The summed E-state index contributed by atoms with van der Waals surface area (Å²) in [6.45, 7) is 3.93. The van der Waals surface area contributed by atoms with Crippen molar-refractivity contribution >= 4 is 11.9 Å². The van der Waals surface area contributed by atoms with Crippen LogP contribution in [0, 0.1) is 0 Å². The number of rotatable bonds is 4. The monoisotopic (exact) mass is 261 g/mol. The summed E-state index contributed by atoms with van der Waals surface area (Å²) < 4.78 is 5.16. The van der Waals surface area contributed by atoms with Crippen LogP contribution in [0.25, 0.3) is 0 Å². The van der Waals surface area contributed by atoms with Gasteiger partial charge in [0.05, 0.1) is 5.56 Å². The molecule has 1 aromatic rings. The molecule has 4 heteroatoms. The van der Waals surface area contributed by atoms with E-state index in [1.54, 1.807) is 13.0 Å². The van der Waals surface area contributed by atoms with E-state index in [4.69, 9.17) is 4.74 Å². The van der Waals surface area contributed by atoms with Gasteiger partial charge in [-0.15, -0.1) is 0 Å². The highest BCUT2D eigenvalue weighted by Gasteiger charge is 2.19. The summed E-state index contributed by atoms with van der Waals surface area (Å²) in [7, 11) is 0. The molecular formula is C15H19NO3. The van der Waals surface area contributed by atoms with Gasteiger partial charge in [0.25, 0.3) is 5.91 Å². The summed E-state index contributed by atoms with van der Waals surface area (Å²) >= 11 is 0. The molecule has 4 nitrogen and oxygen atoms in total. The van der Waals surface area contributed by atoms with E-state index in [9.17, 15) is 9.59 Å². The number of benzene rings is 1. The third-order valence-electron chi connectivity index (χ3n) is 3.34. The maximum atomic E-state index is 12.0. The maximum Gasteiger partial charge on any atom is 0.338 e. The second-order valence-electron chi connectivity index (χ2n) is 4.78. The number of carbonyl (C=O) groups excluding carboxylic acids is 2. The lowest BCUT2D eigenvalue weighted by Gasteiger charge is -2.13. The number of hydrogen-bond donors (Lipinski definition) is 1. The minimum Gasteiger partial charge on any atom is -0.449 e. The van der Waals surface area contributed by atoms with Gasteiger partial charge in [-0.05, 0) is 56.4 Å². The Morgan fingerprint density at radius 2 is 2.05 bits per heavy atom. The zero-order chi connectivity index (χ0) is 13.8. The van der Waals surface area contributed by atoms with Crippen LogP contribution >= 0.6 is 0 Å². The molecule has 1 aliphatic carbocycles. The topological polar surface area (TPSA) is 55.4 Å². The van der Waals surface area contributed by atoms with Gasteiger partial charge >= 0.3 is 5.97 Å². The van der Waals surface area contributed by atoms with E-state index in [0.717, 1.165) is 19.3 Å². The molecule has 0 fully saturated rings. The molecule has 19 heavy (non-hydrogen) atoms. The lowest BCUT2D eigenvalue weighted by Crippen LogP contribution is -2.35. The minimum atomic E-state index is -0.763. The highest BCUT2D eigenvalue weighted by atomic mass is 16.5. The Labute approximate surface area is 113 Å². The number of amides is 1. The van der Waals surface area contributed by atoms with Crippen LogP contribution < -0.4 is 5.32 Å². The first kappa shape index (κ1) is 13.6. The third kappa shape index (κ3) is 3.13. The molecule has 0 bridgehead atoms. The number of esters is 1. The first-order valence-electron chi connectivity index (χ1n) is 6.72. The number of fused-ring (bicyclic) bond motifs is 1. The largest absolute Gasteiger partial charge is 0.449 e. The number of hydrogen-bond acceptors (Lipinski definition) is 3. The van der Waals surface area contributed by atoms with Gasteiger partial charge in [0.15, 0.2) is 6.10 Å². The van der Waals surface area contributed by atoms with Crippen molar-refractivity contribution in [3.05, 3.63) is 34.9 Å². The van der Waals surface area contributed by atoms with Crippen LogP contribution in [0.1, 0.15) is 41.8 Å². The average molecular weight is 261 g/mol. The van der Waals surface area contributed by atoms with Crippen LogP contribution in [-0.2, 0) is 22.4 Å². The normalized spacial score (nSPS) is 14.6. The molecule has 102 valence electrons. The lowest BCUT2D eigenvalue weighted by atomic mass is 10.1. The molecular weight excluding hydrogens is 242 g/mol. The van der Waals surface area contributed by atoms with Crippen LogP contribution in [0.5, 0.6) is 0 Å². The summed E-state index contributed by atoms with van der Waals surface area (Å²) in [5.74, 6) is -0.703. The van der Waals surface area contributed by atoms with Gasteiger partial charge < -0.3 is 10.1 Å². The molecule has 2 rings (SSSR count). The van der Waals surface area contributed by atoms with Crippen LogP contribution in [0.15, 0.2) is 18.2 Å². The van der Waals surface area contributed by atoms with Gasteiger partial charge in [-0.25, -0.2) is 4.79 Å². The molecule has 0 aromatic heterocycles. The van der Waals surface area contributed by atoms with E-state index < -0.39 is 12.1 Å². The predicted molar refractivity (Wildman–Crippen MR) is 72.0 cm³/mol. The van der Waals surface area contributed by atoms with E-state index in [1.165, 1.54) is 11.1 Å². The molecule has 1 N–H and O–H groups in total. The molecule has 1 aromatic carbocycles. The maximum absolute atomic E-state index is 12.0. The summed E-state index contributed by atoms with van der Waals surface area (Å²) in [6, 6.07) is 5.64. The summed E-state index contributed by atoms with van der Waals surface area (Å²) in [6.07, 6.45) is 2.48. The van der Waals surface area contributed by atoms with E-state index in [1.807, 2.05) is 19.1 Å². The Balaban J connectivity index is 2.02. The van der Waals surface area contributed by atoms with E-state index in [2.05, 4.69) is 5.32 Å². The Morgan fingerprint density at radius 1 is 1.32 bits per heavy atom. The SMILES string of the molecule is CCNC(=O)[C@@H](C)OC(=O)c1ccc2c(c1)CCC2. The van der Waals surface area contributed by atoms with Crippen molar-refractivity contribution in [2.75, 3.05) is 6.54 Å². The first-order chi connectivity index (χ1) is 9.11. The molecule has 0 aliphatic heterocycles. The van der Waals surface area contributed by atoms with Crippen molar-refractivity contribution < 1.29 is 14.3 Å². The fourth-order valence-electron chi connectivity index (χ4n) is 2.30. The predicted octanol–water partition coefficient (Wildman–Crippen LogP) is 1.86. The average Bonchev–Trinajstić information content (AvgIpc) is 2.85. The second kappa shape index (κ2) is 5.87. The van der Waals surface area contributed by atoms with Crippen molar-refractivity contribution in [3.63, 3.8) is 0 Å². The summed E-state index contributed by atoms with van der Waals surface area (Å²) in [4.78, 5) is 23.5. The van der Waals surface area contributed by atoms with Crippen molar-refractivity contribution in [1.29, 1.82) is 0 Å². The van der Waals surface area contributed by atoms with Crippen LogP contribution in [0.4, 0.5) is 0 Å². The van der Waals surface area contributed by atoms with Crippen molar-refractivity contribution in [1.82, 2.24) is 5.32 Å². The molecule has 1 amide bonds. The van der Waals surface area contributed by atoms with Gasteiger partial charge in [0.2, 0.25) is 0 Å². The van der Waals surface area contributed by atoms with E-state index >= 15 is 0 Å². The minimum absolute atomic E-state index is 0.267. The summed E-state index contributed by atoms with van der Waals surface area (Å²) in [5.41, 5.74) is 3.06. The van der Waals surface area contributed by atoms with Crippen LogP contribution in [0.3, 0.4) is 0 Å². The second-order valence-corrected chi connectivity index (χ2v) is 4.78. The van der Waals surface area contributed by atoms with Crippen LogP contribution in [0.2, 0.25) is 0 Å². The molecule has 0 unspecified atom stereocenters. The lowest BCUT2D eigenvalue weighted by molar-refractivity contribution is -0.128. The Hall–Kier alpha value is -1.84. The van der Waals surface area contributed by atoms with Crippen molar-refractivity contribution in [2.24, 2.45) is 0 Å². The molecule has 0 heterocycles. The fraction of sp³-hybridized carbons (Fsp3) is 0.467. The molecule has 1 aliphatic rings. The molecule has 0 saturated carbocycles. The first-order valence-corrected chi connectivity index (χ1v) is 6.72. The number of likely N-dealkylation sites (N-methyl/N-ethyl adjacent to an activating group) is 1. The van der Waals surface area contributed by atoms with Gasteiger partial charge in [-0.2, -0.15) is 0 Å². The van der Waals surface area contributed by atoms with E-state index in [0.29, 0.717) is 12.1 Å². The molecule has 0 spiro atoms. The molecule has 0 radical (unpaired) electrons. The van der Waals surface area contributed by atoms with Gasteiger partial charge in [-0.1, -0.05) is 6.07 Å². The molecule has 0 saturated heterocycles. The highest BCUT2D eigenvalue weighted by molar-refractivity contribution is 5.92. The third-order valence-corrected chi connectivity index (χ3v) is 3.34. The number of ether oxygens (including phenoxy) is 1. The quantitative estimate of drug-likeness (QED) is 0.842. The fourth-order valence-corrected chi connectivity index (χ4v) is 2.30. The smallest absolute Gasteiger partial charge is 0.338 e. The standard InChI is InChI=1S/C15H19NO3/c1-3-16-14(17)10(2)19-15(18)13-8-7-11-5-4-6-12(11)9-13/h7-10H,3-6H2,1-2H3,(H,16,17)/t10-/m1/s1. The van der Waals surface area contributed by atoms with Gasteiger partial charge in [0.1, 0.15) is 0 Å². The Bertz CT molecular complexity index is 496. The van der Waals surface area contributed by atoms with E-state index in [-0.39, 0.29) is 5.91 Å².